The van der Waals surface area contributed by atoms with E-state index in [9.17, 15) is 4.79 Å². The van der Waals surface area contributed by atoms with Crippen LogP contribution in [0.2, 0.25) is 0 Å². The van der Waals surface area contributed by atoms with Gasteiger partial charge in [-0.05, 0) is 11.6 Å². The van der Waals surface area contributed by atoms with Crippen LogP contribution in [0.15, 0.2) is 48.1 Å². The van der Waals surface area contributed by atoms with Gasteiger partial charge in [-0.2, -0.15) is 0 Å². The molecule has 1 heterocycles. The monoisotopic (exact) mass is 211 g/mol. The number of aldehydes is 1. The Bertz CT molecular complexity index is 501. The van der Waals surface area contributed by atoms with Crippen LogP contribution in [-0.4, -0.2) is 19.4 Å². The van der Waals surface area contributed by atoms with E-state index >= 15 is 0 Å². The molecule has 0 fully saturated rings. The first-order chi connectivity index (χ1) is 7.81. The molecule has 1 aromatic rings. The minimum Gasteiger partial charge on any atom is -0.367 e. The van der Waals surface area contributed by atoms with Crippen LogP contribution in [0.1, 0.15) is 11.5 Å². The van der Waals surface area contributed by atoms with Gasteiger partial charge in [0.25, 0.3) is 0 Å². The van der Waals surface area contributed by atoms with Crippen molar-refractivity contribution in [3.63, 3.8) is 0 Å². The minimum atomic E-state index is 0.325. The number of benzene rings is 1. The van der Waals surface area contributed by atoms with Crippen LogP contribution < -0.4 is 4.90 Å². The zero-order chi connectivity index (χ0) is 11.1. The lowest BCUT2D eigenvalue weighted by atomic mass is 9.89. The maximum Gasteiger partial charge on any atom is 0.149 e. The first-order valence-corrected chi connectivity index (χ1v) is 5.48. The molecular formula is C14H13NO. The van der Waals surface area contributed by atoms with E-state index in [0.717, 1.165) is 11.9 Å². The summed E-state index contributed by atoms with van der Waals surface area (Å²) in [5.74, 6) is 0.325. The molecule has 1 aromatic carbocycles. The topological polar surface area (TPSA) is 20.3 Å². The molecule has 0 spiro atoms. The van der Waals surface area contributed by atoms with E-state index in [4.69, 9.17) is 0 Å². The average molecular weight is 211 g/mol. The van der Waals surface area contributed by atoms with Gasteiger partial charge in [-0.25, -0.2) is 0 Å². The smallest absolute Gasteiger partial charge is 0.149 e. The number of para-hydroxylation sites is 1. The number of carbonyl (C=O) groups excluding carboxylic acids is 1. The van der Waals surface area contributed by atoms with Crippen LogP contribution in [0.25, 0.3) is 0 Å². The Morgan fingerprint density at radius 2 is 2.12 bits per heavy atom. The number of allylic oxidation sites excluding steroid dienone is 2. The lowest BCUT2D eigenvalue weighted by Gasteiger charge is -2.24. The van der Waals surface area contributed by atoms with E-state index in [0.29, 0.717) is 12.0 Å². The fraction of sp³-hybridized carbons (Fsp3) is 0.214. The van der Waals surface area contributed by atoms with Crippen LogP contribution in [-0.2, 0) is 4.79 Å². The summed E-state index contributed by atoms with van der Waals surface area (Å²) in [6, 6.07) is 8.76. The molecule has 0 saturated heterocycles. The second-order valence-electron chi connectivity index (χ2n) is 4.33. The fourth-order valence-corrected chi connectivity index (χ4v) is 2.66. The molecule has 80 valence electrons. The highest BCUT2D eigenvalue weighted by Crippen LogP contribution is 2.43. The van der Waals surface area contributed by atoms with Gasteiger partial charge in [0.15, 0.2) is 0 Å². The number of nitrogens with zero attached hydrogens (tertiary/aromatic N) is 1. The molecule has 16 heavy (non-hydrogen) atoms. The van der Waals surface area contributed by atoms with Gasteiger partial charge in [-0.15, -0.1) is 0 Å². The van der Waals surface area contributed by atoms with Crippen LogP contribution in [0.4, 0.5) is 5.69 Å². The highest BCUT2D eigenvalue weighted by atomic mass is 16.1. The number of fused-ring (bicyclic) bond motifs is 3. The number of carbonyl (C=O) groups is 1. The lowest BCUT2D eigenvalue weighted by Crippen LogP contribution is -2.29. The van der Waals surface area contributed by atoms with Crippen LogP contribution in [0, 0.1) is 0 Å². The van der Waals surface area contributed by atoms with Crippen molar-refractivity contribution in [1.29, 1.82) is 0 Å². The standard InChI is InChI=1S/C14H13NO/c1-15-13-5-3-2-4-11(13)12-8-10(9-16)6-7-14(12)15/h2-9,12,14H,1H3/t12-,14+/m0/s1. The molecule has 0 bridgehead atoms. The molecule has 2 atom stereocenters. The number of likely N-dealkylation sites (N-methyl/N-ethyl adjacent to an activating group) is 1. The van der Waals surface area contributed by atoms with E-state index in [2.05, 4.69) is 48.4 Å². The van der Waals surface area contributed by atoms with Gasteiger partial charge >= 0.3 is 0 Å². The van der Waals surface area contributed by atoms with Crippen molar-refractivity contribution in [3.8, 4) is 0 Å². The Labute approximate surface area is 94.9 Å². The van der Waals surface area contributed by atoms with Crippen LogP contribution in [0.3, 0.4) is 0 Å². The molecule has 2 nitrogen and oxygen atoms in total. The molecule has 0 amide bonds. The molecular weight excluding hydrogens is 198 g/mol. The molecule has 0 saturated carbocycles. The van der Waals surface area contributed by atoms with Crippen LogP contribution >= 0.6 is 0 Å². The maximum atomic E-state index is 10.8. The summed E-state index contributed by atoms with van der Waals surface area (Å²) in [6.07, 6.45) is 7.03. The Hall–Kier alpha value is -1.83. The van der Waals surface area contributed by atoms with Crippen molar-refractivity contribution >= 4 is 12.0 Å². The number of hydrogen-bond donors (Lipinski definition) is 0. The number of anilines is 1. The largest absolute Gasteiger partial charge is 0.367 e. The van der Waals surface area contributed by atoms with E-state index in [-0.39, 0.29) is 0 Å². The first-order valence-electron chi connectivity index (χ1n) is 5.48. The summed E-state index contributed by atoms with van der Waals surface area (Å²) < 4.78 is 0. The van der Waals surface area contributed by atoms with Crippen LogP contribution in [0.5, 0.6) is 0 Å². The highest BCUT2D eigenvalue weighted by molar-refractivity contribution is 5.80. The van der Waals surface area contributed by atoms with Crippen molar-refractivity contribution in [2.45, 2.75) is 12.0 Å². The van der Waals surface area contributed by atoms with E-state index in [1.165, 1.54) is 11.3 Å². The summed E-state index contributed by atoms with van der Waals surface area (Å²) in [7, 11) is 2.10. The van der Waals surface area contributed by atoms with Crippen molar-refractivity contribution < 1.29 is 4.79 Å². The molecule has 2 heteroatoms. The summed E-state index contributed by atoms with van der Waals surface area (Å²) >= 11 is 0. The third-order valence-electron chi connectivity index (χ3n) is 3.48. The van der Waals surface area contributed by atoms with E-state index in [1.54, 1.807) is 0 Å². The lowest BCUT2D eigenvalue weighted by molar-refractivity contribution is -0.104. The highest BCUT2D eigenvalue weighted by Gasteiger charge is 2.34. The zero-order valence-electron chi connectivity index (χ0n) is 9.13. The van der Waals surface area contributed by atoms with Gasteiger partial charge in [0.2, 0.25) is 0 Å². The second kappa shape index (κ2) is 3.34. The van der Waals surface area contributed by atoms with E-state index in [1.807, 2.05) is 6.08 Å². The quantitative estimate of drug-likeness (QED) is 0.664. The zero-order valence-corrected chi connectivity index (χ0v) is 9.13. The summed E-state index contributed by atoms with van der Waals surface area (Å²) in [6.45, 7) is 0. The summed E-state index contributed by atoms with van der Waals surface area (Å²) in [5, 5.41) is 0. The van der Waals surface area contributed by atoms with Crippen molar-refractivity contribution in [2.24, 2.45) is 0 Å². The molecule has 0 aromatic heterocycles. The van der Waals surface area contributed by atoms with Crippen molar-refractivity contribution in [1.82, 2.24) is 0 Å². The Morgan fingerprint density at radius 1 is 1.31 bits per heavy atom. The molecule has 3 rings (SSSR count). The number of hydrogen-bond acceptors (Lipinski definition) is 2. The summed E-state index contributed by atoms with van der Waals surface area (Å²) in [5.41, 5.74) is 3.37. The maximum absolute atomic E-state index is 10.8. The molecule has 0 radical (unpaired) electrons. The Morgan fingerprint density at radius 3 is 2.94 bits per heavy atom. The van der Waals surface area contributed by atoms with Gasteiger partial charge in [0.1, 0.15) is 6.29 Å². The third-order valence-corrected chi connectivity index (χ3v) is 3.48. The minimum absolute atomic E-state index is 0.325. The summed E-state index contributed by atoms with van der Waals surface area (Å²) in [4.78, 5) is 13.1. The van der Waals surface area contributed by atoms with E-state index < -0.39 is 0 Å². The van der Waals surface area contributed by atoms with Gasteiger partial charge in [0, 0.05) is 24.2 Å². The number of rotatable bonds is 1. The van der Waals surface area contributed by atoms with Crippen molar-refractivity contribution in [2.75, 3.05) is 11.9 Å². The third kappa shape index (κ3) is 1.16. The fourth-order valence-electron chi connectivity index (χ4n) is 2.66. The van der Waals surface area contributed by atoms with Gasteiger partial charge < -0.3 is 4.90 Å². The molecule has 0 N–H and O–H groups in total. The Balaban J connectivity index is 2.13. The molecule has 1 aliphatic carbocycles. The van der Waals surface area contributed by atoms with Crippen molar-refractivity contribution in [3.05, 3.63) is 53.6 Å². The molecule has 2 aliphatic rings. The predicted octanol–water partition coefficient (Wildman–Crippen LogP) is 2.28. The first kappa shape index (κ1) is 9.40. The molecule has 0 unspecified atom stereocenters. The second-order valence-corrected chi connectivity index (χ2v) is 4.33. The Kier molecular flexibility index (Phi) is 1.96. The van der Waals surface area contributed by atoms with Gasteiger partial charge in [-0.3, -0.25) is 4.79 Å². The molecule has 1 aliphatic heterocycles. The average Bonchev–Trinajstić information content (AvgIpc) is 2.64. The van der Waals surface area contributed by atoms with Gasteiger partial charge in [-0.1, -0.05) is 36.4 Å². The van der Waals surface area contributed by atoms with Gasteiger partial charge in [0.05, 0.1) is 6.04 Å². The SMILES string of the molecule is CN1c2ccccc2[C@@H]2C=C(C=O)C=C[C@H]21. The predicted molar refractivity (Wildman–Crippen MR) is 64.7 cm³/mol. The normalized spacial score (nSPS) is 26.1.